The number of piperidine rings is 1. The maximum absolute atomic E-state index is 3.82. The van der Waals surface area contributed by atoms with Crippen molar-refractivity contribution in [2.45, 2.75) is 51.6 Å². The molecular formula is C17H31N3. The highest BCUT2D eigenvalue weighted by Crippen LogP contribution is 2.48. The van der Waals surface area contributed by atoms with E-state index >= 15 is 0 Å². The summed E-state index contributed by atoms with van der Waals surface area (Å²) in [5, 5.41) is 7.52. The maximum atomic E-state index is 3.82. The molecule has 114 valence electrons. The first-order chi connectivity index (χ1) is 9.70. The normalized spacial score (nSPS) is 48.1. The Labute approximate surface area is 123 Å². The molecule has 0 radical (unpaired) electrons. The molecule has 2 saturated heterocycles. The summed E-state index contributed by atoms with van der Waals surface area (Å²) >= 11 is 0. The van der Waals surface area contributed by atoms with E-state index in [1.54, 1.807) is 0 Å². The van der Waals surface area contributed by atoms with Crippen molar-refractivity contribution in [3.8, 4) is 0 Å². The van der Waals surface area contributed by atoms with E-state index in [9.17, 15) is 0 Å². The van der Waals surface area contributed by atoms with Crippen LogP contribution in [0.1, 0.15) is 39.5 Å². The van der Waals surface area contributed by atoms with Crippen LogP contribution in [-0.4, -0.2) is 43.3 Å². The molecule has 20 heavy (non-hydrogen) atoms. The first kappa shape index (κ1) is 13.5. The van der Waals surface area contributed by atoms with Gasteiger partial charge < -0.3 is 5.32 Å². The van der Waals surface area contributed by atoms with Crippen LogP contribution in [0.5, 0.6) is 0 Å². The number of hydrogen-bond acceptors (Lipinski definition) is 3. The fourth-order valence-electron chi connectivity index (χ4n) is 5.79. The van der Waals surface area contributed by atoms with Crippen molar-refractivity contribution in [2.75, 3.05) is 26.3 Å². The molecule has 0 aromatic rings. The second-order valence-electron chi connectivity index (χ2n) is 8.35. The molecule has 2 aliphatic carbocycles. The standard InChI is InChI=1S/C17H31N3/c1-11(2)9-20-10-19-16-5-13-3-12-4-14(8-18-7-12)15(13)6-17(16)20/h11-19H,3-10H2,1-2H3. The lowest BCUT2D eigenvalue weighted by Gasteiger charge is -2.51. The van der Waals surface area contributed by atoms with Crippen molar-refractivity contribution >= 4 is 0 Å². The molecular weight excluding hydrogens is 246 g/mol. The van der Waals surface area contributed by atoms with Gasteiger partial charge in [-0.3, -0.25) is 10.2 Å². The van der Waals surface area contributed by atoms with Gasteiger partial charge in [-0.25, -0.2) is 0 Å². The largest absolute Gasteiger partial charge is 0.316 e. The molecule has 3 nitrogen and oxygen atoms in total. The van der Waals surface area contributed by atoms with Gasteiger partial charge in [0.25, 0.3) is 0 Å². The smallest absolute Gasteiger partial charge is 0.0486 e. The van der Waals surface area contributed by atoms with E-state index in [1.165, 1.54) is 45.3 Å². The number of nitrogens with zero attached hydrogens (tertiary/aromatic N) is 1. The number of fused-ring (bicyclic) bond motifs is 5. The Kier molecular flexibility index (Phi) is 3.56. The average molecular weight is 277 g/mol. The van der Waals surface area contributed by atoms with Gasteiger partial charge in [-0.15, -0.1) is 0 Å². The topological polar surface area (TPSA) is 27.3 Å². The van der Waals surface area contributed by atoms with Gasteiger partial charge in [-0.2, -0.15) is 0 Å². The van der Waals surface area contributed by atoms with Crippen molar-refractivity contribution in [1.29, 1.82) is 0 Å². The monoisotopic (exact) mass is 277 g/mol. The summed E-state index contributed by atoms with van der Waals surface area (Å²) in [6, 6.07) is 1.62. The Hall–Kier alpha value is -0.120. The zero-order chi connectivity index (χ0) is 13.7. The number of rotatable bonds is 2. The summed E-state index contributed by atoms with van der Waals surface area (Å²) in [5.74, 6) is 4.79. The van der Waals surface area contributed by atoms with Crippen molar-refractivity contribution in [3.63, 3.8) is 0 Å². The summed E-state index contributed by atoms with van der Waals surface area (Å²) in [6.45, 7) is 9.72. The fraction of sp³-hybridized carbons (Fsp3) is 1.00. The van der Waals surface area contributed by atoms with Gasteiger partial charge in [0.1, 0.15) is 0 Å². The van der Waals surface area contributed by atoms with Gasteiger partial charge in [0, 0.05) is 25.3 Å². The molecule has 4 fully saturated rings. The van der Waals surface area contributed by atoms with Gasteiger partial charge in [0.15, 0.2) is 0 Å². The lowest BCUT2D eigenvalue weighted by molar-refractivity contribution is 0.0119. The lowest BCUT2D eigenvalue weighted by atomic mass is 9.59. The van der Waals surface area contributed by atoms with Gasteiger partial charge >= 0.3 is 0 Å². The summed E-state index contributed by atoms with van der Waals surface area (Å²) in [4.78, 5) is 2.74. The predicted molar refractivity (Wildman–Crippen MR) is 82.4 cm³/mol. The van der Waals surface area contributed by atoms with Crippen LogP contribution < -0.4 is 10.6 Å². The minimum absolute atomic E-state index is 0.792. The number of hydrogen-bond donors (Lipinski definition) is 2. The molecule has 4 rings (SSSR count). The Morgan fingerprint density at radius 3 is 2.75 bits per heavy atom. The van der Waals surface area contributed by atoms with E-state index in [2.05, 4.69) is 29.4 Å². The summed E-state index contributed by atoms with van der Waals surface area (Å²) in [6.07, 6.45) is 5.94. The van der Waals surface area contributed by atoms with Crippen molar-refractivity contribution in [3.05, 3.63) is 0 Å². The van der Waals surface area contributed by atoms with Crippen LogP contribution in [0.2, 0.25) is 0 Å². The SMILES string of the molecule is CC(C)CN1CNC2CC3CC4CNCC(C4)C3CC21. The molecule has 0 spiro atoms. The van der Waals surface area contributed by atoms with Crippen LogP contribution in [0.4, 0.5) is 0 Å². The van der Waals surface area contributed by atoms with E-state index in [0.29, 0.717) is 0 Å². The van der Waals surface area contributed by atoms with Gasteiger partial charge in [-0.1, -0.05) is 13.8 Å². The molecule has 6 atom stereocenters. The fourth-order valence-corrected chi connectivity index (χ4v) is 5.79. The van der Waals surface area contributed by atoms with E-state index < -0.39 is 0 Å². The molecule has 2 saturated carbocycles. The molecule has 4 aliphatic rings. The first-order valence-corrected chi connectivity index (χ1v) is 8.89. The molecule has 0 aromatic heterocycles. The van der Waals surface area contributed by atoms with Crippen LogP contribution in [-0.2, 0) is 0 Å². The van der Waals surface area contributed by atoms with E-state index in [0.717, 1.165) is 48.3 Å². The molecule has 2 aliphatic heterocycles. The third kappa shape index (κ3) is 2.32. The van der Waals surface area contributed by atoms with Crippen LogP contribution >= 0.6 is 0 Å². The molecule has 2 N–H and O–H groups in total. The van der Waals surface area contributed by atoms with Crippen molar-refractivity contribution in [1.82, 2.24) is 15.5 Å². The second-order valence-corrected chi connectivity index (χ2v) is 8.35. The van der Waals surface area contributed by atoms with Crippen molar-refractivity contribution < 1.29 is 0 Å². The van der Waals surface area contributed by atoms with E-state index in [1.807, 2.05) is 0 Å². The maximum Gasteiger partial charge on any atom is 0.0486 e. The Balaban J connectivity index is 1.48. The quantitative estimate of drug-likeness (QED) is 0.807. The highest BCUT2D eigenvalue weighted by atomic mass is 15.3. The van der Waals surface area contributed by atoms with E-state index in [-0.39, 0.29) is 0 Å². The Morgan fingerprint density at radius 2 is 1.90 bits per heavy atom. The predicted octanol–water partition coefficient (Wildman–Crippen LogP) is 1.90. The van der Waals surface area contributed by atoms with Gasteiger partial charge in [-0.05, 0) is 68.4 Å². The van der Waals surface area contributed by atoms with Crippen molar-refractivity contribution in [2.24, 2.45) is 29.6 Å². The molecule has 6 unspecified atom stereocenters. The van der Waals surface area contributed by atoms with Gasteiger partial charge in [0.2, 0.25) is 0 Å². The summed E-state index contributed by atoms with van der Waals surface area (Å²) < 4.78 is 0. The highest BCUT2D eigenvalue weighted by Gasteiger charge is 2.48. The second kappa shape index (κ2) is 5.26. The number of nitrogens with one attached hydrogen (secondary N) is 2. The Morgan fingerprint density at radius 1 is 1.05 bits per heavy atom. The lowest BCUT2D eigenvalue weighted by Crippen LogP contribution is -2.54. The molecule has 0 aromatic carbocycles. The minimum Gasteiger partial charge on any atom is -0.316 e. The highest BCUT2D eigenvalue weighted by molar-refractivity contribution is 5.03. The minimum atomic E-state index is 0.792. The molecule has 2 bridgehead atoms. The molecule has 0 amide bonds. The summed E-state index contributed by atoms with van der Waals surface area (Å²) in [7, 11) is 0. The van der Waals surface area contributed by atoms with Crippen LogP contribution in [0.3, 0.4) is 0 Å². The molecule has 2 heterocycles. The average Bonchev–Trinajstić information content (AvgIpc) is 2.79. The summed E-state index contributed by atoms with van der Waals surface area (Å²) in [5.41, 5.74) is 0. The zero-order valence-electron chi connectivity index (χ0n) is 13.1. The van der Waals surface area contributed by atoms with Crippen LogP contribution in [0.25, 0.3) is 0 Å². The first-order valence-electron chi connectivity index (χ1n) is 8.89. The van der Waals surface area contributed by atoms with Crippen LogP contribution in [0, 0.1) is 29.6 Å². The third-order valence-corrected chi connectivity index (χ3v) is 6.48. The molecule has 3 heteroatoms. The van der Waals surface area contributed by atoms with Gasteiger partial charge in [0.05, 0.1) is 0 Å². The Bertz CT molecular complexity index is 356. The zero-order valence-corrected chi connectivity index (χ0v) is 13.1. The third-order valence-electron chi connectivity index (χ3n) is 6.48. The van der Waals surface area contributed by atoms with E-state index in [4.69, 9.17) is 0 Å². The van der Waals surface area contributed by atoms with Crippen LogP contribution in [0.15, 0.2) is 0 Å².